The van der Waals surface area contributed by atoms with Crippen LogP contribution in [0, 0.1) is 5.92 Å². The van der Waals surface area contributed by atoms with Crippen molar-refractivity contribution < 1.29 is 28.8 Å². The van der Waals surface area contributed by atoms with Crippen LogP contribution in [-0.4, -0.2) is 35.2 Å². The minimum Gasteiger partial charge on any atom is -0.480 e. The first kappa shape index (κ1) is 23.9. The average molecular weight is 429 g/mol. The minimum atomic E-state index is -1.06. The summed E-state index contributed by atoms with van der Waals surface area (Å²) in [5.41, 5.74) is 1.45. The number of carbonyl (C=O) groups is 3. The summed E-state index contributed by atoms with van der Waals surface area (Å²) < 4.78 is 6.81. The number of hydrogen-bond donors (Lipinski definition) is 3. The maximum absolute atomic E-state index is 12.3. The summed E-state index contributed by atoms with van der Waals surface area (Å²) in [5, 5.41) is 14.6. The lowest BCUT2D eigenvalue weighted by atomic mass is 10.0. The number of nitrogens with zero attached hydrogens (tertiary/aromatic N) is 1. The fraction of sp³-hybridized carbons (Fsp3) is 0.391. The SMILES string of the molecule is CC(C)C[C@H](NC(=O)c1cc[n+](COC(=O)N[C@@H](C)Cc2ccccc2)cc1)C(=O)O. The third kappa shape index (κ3) is 8.46. The van der Waals surface area contributed by atoms with Crippen LogP contribution in [0.5, 0.6) is 0 Å². The number of carboxylic acids is 1. The molecule has 1 heterocycles. The third-order valence-electron chi connectivity index (χ3n) is 4.56. The quantitative estimate of drug-likeness (QED) is 0.504. The Labute approximate surface area is 182 Å². The second-order valence-corrected chi connectivity index (χ2v) is 7.89. The lowest BCUT2D eigenvalue weighted by Crippen LogP contribution is -2.42. The van der Waals surface area contributed by atoms with Gasteiger partial charge < -0.3 is 20.5 Å². The summed E-state index contributed by atoms with van der Waals surface area (Å²) in [7, 11) is 0. The van der Waals surface area contributed by atoms with Gasteiger partial charge in [-0.05, 0) is 31.2 Å². The van der Waals surface area contributed by atoms with Gasteiger partial charge >= 0.3 is 12.1 Å². The maximum Gasteiger partial charge on any atom is 0.412 e. The van der Waals surface area contributed by atoms with Crippen molar-refractivity contribution in [2.75, 3.05) is 0 Å². The van der Waals surface area contributed by atoms with Crippen molar-refractivity contribution in [1.82, 2.24) is 10.6 Å². The maximum atomic E-state index is 12.3. The van der Waals surface area contributed by atoms with E-state index in [1.54, 1.807) is 29.1 Å². The molecule has 8 heteroatoms. The number of carboxylic acid groups (broad SMARTS) is 1. The summed E-state index contributed by atoms with van der Waals surface area (Å²) in [6, 6.07) is 11.9. The molecule has 3 N–H and O–H groups in total. The highest BCUT2D eigenvalue weighted by molar-refractivity contribution is 5.96. The summed E-state index contributed by atoms with van der Waals surface area (Å²) in [5.74, 6) is -1.39. The van der Waals surface area contributed by atoms with Crippen molar-refractivity contribution in [3.63, 3.8) is 0 Å². The highest BCUT2D eigenvalue weighted by atomic mass is 16.6. The smallest absolute Gasteiger partial charge is 0.412 e. The zero-order valence-corrected chi connectivity index (χ0v) is 18.1. The second kappa shape index (κ2) is 11.7. The molecule has 0 saturated carbocycles. The molecule has 0 bridgehead atoms. The van der Waals surface area contributed by atoms with Gasteiger partial charge in [-0.25, -0.2) is 9.59 Å². The lowest BCUT2D eigenvalue weighted by Gasteiger charge is -2.16. The van der Waals surface area contributed by atoms with Gasteiger partial charge in [0.1, 0.15) is 6.04 Å². The van der Waals surface area contributed by atoms with E-state index in [1.165, 1.54) is 0 Å². The van der Waals surface area contributed by atoms with Crippen LogP contribution >= 0.6 is 0 Å². The molecular weight excluding hydrogens is 398 g/mol. The predicted octanol–water partition coefficient (Wildman–Crippen LogP) is 2.52. The number of aromatic nitrogens is 1. The Morgan fingerprint density at radius 2 is 1.65 bits per heavy atom. The summed E-state index contributed by atoms with van der Waals surface area (Å²) in [6.07, 6.45) is 3.69. The van der Waals surface area contributed by atoms with E-state index in [0.29, 0.717) is 18.4 Å². The molecule has 0 saturated heterocycles. The molecule has 1 aromatic carbocycles. The number of rotatable bonds is 10. The molecule has 2 aromatic rings. The summed E-state index contributed by atoms with van der Waals surface area (Å²) >= 11 is 0. The molecule has 31 heavy (non-hydrogen) atoms. The Balaban J connectivity index is 1.81. The zero-order valence-electron chi connectivity index (χ0n) is 18.1. The molecule has 0 radical (unpaired) electrons. The number of nitrogens with one attached hydrogen (secondary N) is 2. The zero-order chi connectivity index (χ0) is 22.8. The number of ether oxygens (including phenoxy) is 1. The van der Waals surface area contributed by atoms with Crippen molar-refractivity contribution in [3.8, 4) is 0 Å². The molecule has 2 atom stereocenters. The minimum absolute atomic E-state index is 0.0170. The van der Waals surface area contributed by atoms with Crippen LogP contribution in [0.3, 0.4) is 0 Å². The van der Waals surface area contributed by atoms with E-state index in [0.717, 1.165) is 5.56 Å². The van der Waals surface area contributed by atoms with Crippen LogP contribution in [-0.2, 0) is 22.7 Å². The fourth-order valence-electron chi connectivity index (χ4n) is 3.02. The molecule has 1 aromatic heterocycles. The van der Waals surface area contributed by atoms with Gasteiger partial charge in [0.2, 0.25) is 0 Å². The molecule has 2 amide bonds. The van der Waals surface area contributed by atoms with E-state index in [2.05, 4.69) is 10.6 Å². The Morgan fingerprint density at radius 1 is 1.00 bits per heavy atom. The normalized spacial score (nSPS) is 12.6. The fourth-order valence-corrected chi connectivity index (χ4v) is 3.02. The molecule has 2 rings (SSSR count). The van der Waals surface area contributed by atoms with E-state index < -0.39 is 24.0 Å². The number of aliphatic carboxylic acids is 1. The molecule has 0 unspecified atom stereocenters. The largest absolute Gasteiger partial charge is 0.480 e. The van der Waals surface area contributed by atoms with Crippen LogP contribution in [0.25, 0.3) is 0 Å². The lowest BCUT2D eigenvalue weighted by molar-refractivity contribution is -0.727. The van der Waals surface area contributed by atoms with Gasteiger partial charge in [-0.15, -0.1) is 0 Å². The Kier molecular flexibility index (Phi) is 8.99. The molecule has 0 spiro atoms. The molecular formula is C23H30N3O5+. The molecule has 0 aliphatic rings. The van der Waals surface area contributed by atoms with Gasteiger partial charge in [-0.3, -0.25) is 4.79 Å². The van der Waals surface area contributed by atoms with Crippen LogP contribution in [0.15, 0.2) is 54.9 Å². The first-order valence-corrected chi connectivity index (χ1v) is 10.2. The van der Waals surface area contributed by atoms with Crippen molar-refractivity contribution >= 4 is 18.0 Å². The van der Waals surface area contributed by atoms with Crippen molar-refractivity contribution in [2.45, 2.75) is 52.4 Å². The van der Waals surface area contributed by atoms with Gasteiger partial charge in [0.25, 0.3) is 12.6 Å². The predicted molar refractivity (Wildman–Crippen MR) is 114 cm³/mol. The van der Waals surface area contributed by atoms with E-state index in [1.807, 2.05) is 51.1 Å². The van der Waals surface area contributed by atoms with Crippen LogP contribution in [0.4, 0.5) is 4.79 Å². The van der Waals surface area contributed by atoms with Crippen LogP contribution in [0.1, 0.15) is 43.1 Å². The molecule has 166 valence electrons. The molecule has 0 aliphatic heterocycles. The first-order valence-electron chi connectivity index (χ1n) is 10.2. The summed E-state index contributed by atoms with van der Waals surface area (Å²) in [4.78, 5) is 35.6. The van der Waals surface area contributed by atoms with E-state index in [-0.39, 0.29) is 18.7 Å². The van der Waals surface area contributed by atoms with E-state index in [9.17, 15) is 19.5 Å². The van der Waals surface area contributed by atoms with Gasteiger partial charge in [-0.2, -0.15) is 4.57 Å². The van der Waals surface area contributed by atoms with Crippen molar-refractivity contribution in [3.05, 3.63) is 66.0 Å². The van der Waals surface area contributed by atoms with Crippen LogP contribution in [0.2, 0.25) is 0 Å². The van der Waals surface area contributed by atoms with E-state index >= 15 is 0 Å². The monoisotopic (exact) mass is 428 g/mol. The van der Waals surface area contributed by atoms with Gasteiger partial charge in [0.15, 0.2) is 12.4 Å². The summed E-state index contributed by atoms with van der Waals surface area (Å²) in [6.45, 7) is 5.67. The third-order valence-corrected chi connectivity index (χ3v) is 4.56. The van der Waals surface area contributed by atoms with E-state index in [4.69, 9.17) is 4.74 Å². The molecule has 0 fully saturated rings. The topological polar surface area (TPSA) is 109 Å². The Bertz CT molecular complexity index is 869. The first-order chi connectivity index (χ1) is 14.7. The molecule has 8 nitrogen and oxygen atoms in total. The van der Waals surface area contributed by atoms with Gasteiger partial charge in [0.05, 0.1) is 5.56 Å². The Hall–Kier alpha value is -3.42. The second-order valence-electron chi connectivity index (χ2n) is 7.89. The number of benzene rings is 1. The number of hydrogen-bond acceptors (Lipinski definition) is 4. The number of carbonyl (C=O) groups excluding carboxylic acids is 2. The number of pyridine rings is 1. The van der Waals surface area contributed by atoms with Crippen molar-refractivity contribution in [2.24, 2.45) is 5.92 Å². The number of amides is 2. The molecule has 0 aliphatic carbocycles. The van der Waals surface area contributed by atoms with Gasteiger partial charge in [-0.1, -0.05) is 44.2 Å². The highest BCUT2D eigenvalue weighted by Crippen LogP contribution is 2.07. The van der Waals surface area contributed by atoms with Gasteiger partial charge in [0, 0.05) is 18.2 Å². The average Bonchev–Trinajstić information content (AvgIpc) is 2.72. The van der Waals surface area contributed by atoms with Crippen LogP contribution < -0.4 is 15.2 Å². The Morgan fingerprint density at radius 3 is 2.23 bits per heavy atom. The number of alkyl carbamates (subject to hydrolysis) is 1. The van der Waals surface area contributed by atoms with Crippen molar-refractivity contribution in [1.29, 1.82) is 0 Å². The standard InChI is InChI=1S/C23H29N3O5/c1-16(2)13-20(22(28)29)25-21(27)19-9-11-26(12-10-19)15-31-23(30)24-17(3)14-18-7-5-4-6-8-18/h4-12,16-17,20H,13-15H2,1-3H3,(H2-,24,25,27,28,29,30)/p+1/t17-,20-/m0/s1. The highest BCUT2D eigenvalue weighted by Gasteiger charge is 2.22.